The van der Waals surface area contributed by atoms with Crippen molar-refractivity contribution in [2.45, 2.75) is 70.3 Å². The zero-order chi connectivity index (χ0) is 11.9. The summed E-state index contributed by atoms with van der Waals surface area (Å²) in [6.45, 7) is 5.51. The summed E-state index contributed by atoms with van der Waals surface area (Å²) < 4.78 is 19.0. The average Bonchev–Trinajstić information content (AvgIpc) is 2.46. The molecule has 0 aromatic rings. The second-order valence-electron chi connectivity index (χ2n) is 5.78. The zero-order valence-electron chi connectivity index (χ0n) is 10.2. The number of amides is 1. The van der Waals surface area contributed by atoms with Crippen LogP contribution in [0.15, 0.2) is 0 Å². The minimum atomic E-state index is -0.869. The standard InChI is InChI=1S/C12H20FNO2/c1-12(2,3)16-11(15)14-8-4-6-9(13)10(14)7-5-8/h8-10H,4-7H2,1-3H3. The Morgan fingerprint density at radius 1 is 1.25 bits per heavy atom. The van der Waals surface area contributed by atoms with E-state index in [9.17, 15) is 9.18 Å². The van der Waals surface area contributed by atoms with E-state index in [1.165, 1.54) is 0 Å². The first-order valence-corrected chi connectivity index (χ1v) is 6.04. The van der Waals surface area contributed by atoms with E-state index in [1.807, 2.05) is 20.8 Å². The van der Waals surface area contributed by atoms with Gasteiger partial charge in [0, 0.05) is 6.04 Å². The Hall–Kier alpha value is -0.800. The van der Waals surface area contributed by atoms with Crippen molar-refractivity contribution in [3.05, 3.63) is 0 Å². The molecule has 2 fully saturated rings. The second kappa shape index (κ2) is 3.90. The van der Waals surface area contributed by atoms with Crippen LogP contribution in [0.25, 0.3) is 0 Å². The highest BCUT2D eigenvalue weighted by Crippen LogP contribution is 2.38. The Morgan fingerprint density at radius 3 is 2.50 bits per heavy atom. The largest absolute Gasteiger partial charge is 0.444 e. The molecule has 16 heavy (non-hydrogen) atoms. The van der Waals surface area contributed by atoms with Crippen molar-refractivity contribution < 1.29 is 13.9 Å². The molecule has 2 aliphatic rings. The van der Waals surface area contributed by atoms with Crippen molar-refractivity contribution in [2.75, 3.05) is 0 Å². The van der Waals surface area contributed by atoms with E-state index in [1.54, 1.807) is 4.90 Å². The highest BCUT2D eigenvalue weighted by molar-refractivity contribution is 5.69. The summed E-state index contributed by atoms with van der Waals surface area (Å²) in [5.74, 6) is 0. The molecular weight excluding hydrogens is 209 g/mol. The zero-order valence-corrected chi connectivity index (χ0v) is 10.2. The summed E-state index contributed by atoms with van der Waals surface area (Å²) in [7, 11) is 0. The average molecular weight is 229 g/mol. The fourth-order valence-electron chi connectivity index (χ4n) is 2.69. The molecule has 0 saturated carbocycles. The molecule has 1 amide bonds. The number of halogens is 1. The lowest BCUT2D eigenvalue weighted by Crippen LogP contribution is -2.50. The number of rotatable bonds is 0. The van der Waals surface area contributed by atoms with Crippen LogP contribution in [0.1, 0.15) is 46.5 Å². The monoisotopic (exact) mass is 229 g/mol. The Morgan fingerprint density at radius 2 is 1.88 bits per heavy atom. The SMILES string of the molecule is CC(C)(C)OC(=O)N1C2CCC(F)C1CC2. The van der Waals surface area contributed by atoms with E-state index in [0.717, 1.165) is 19.3 Å². The van der Waals surface area contributed by atoms with Crippen LogP contribution in [-0.4, -0.2) is 34.8 Å². The molecule has 3 unspecified atom stereocenters. The van der Waals surface area contributed by atoms with Crippen molar-refractivity contribution in [1.82, 2.24) is 4.90 Å². The van der Waals surface area contributed by atoms with Crippen LogP contribution >= 0.6 is 0 Å². The minimum Gasteiger partial charge on any atom is -0.444 e. The van der Waals surface area contributed by atoms with Crippen LogP contribution in [0.3, 0.4) is 0 Å². The topological polar surface area (TPSA) is 29.5 Å². The van der Waals surface area contributed by atoms with Crippen LogP contribution in [0, 0.1) is 0 Å². The summed E-state index contributed by atoms with van der Waals surface area (Å²) in [5.41, 5.74) is -0.500. The molecule has 0 N–H and O–H groups in total. The molecular formula is C12H20FNO2. The van der Waals surface area contributed by atoms with Crippen LogP contribution in [0.5, 0.6) is 0 Å². The number of hydrogen-bond donors (Lipinski definition) is 0. The van der Waals surface area contributed by atoms with Crippen LogP contribution in [0.2, 0.25) is 0 Å². The van der Waals surface area contributed by atoms with Gasteiger partial charge in [0.15, 0.2) is 0 Å². The number of fused-ring (bicyclic) bond motifs is 2. The molecule has 0 aromatic carbocycles. The Bertz CT molecular complexity index is 287. The number of hydrogen-bond acceptors (Lipinski definition) is 2. The molecule has 2 bridgehead atoms. The van der Waals surface area contributed by atoms with Crippen LogP contribution in [-0.2, 0) is 4.74 Å². The van der Waals surface area contributed by atoms with Crippen molar-refractivity contribution in [2.24, 2.45) is 0 Å². The number of carbonyl (C=O) groups is 1. The third kappa shape index (κ3) is 2.15. The Kier molecular flexibility index (Phi) is 2.84. The van der Waals surface area contributed by atoms with Gasteiger partial charge in [-0.05, 0) is 46.5 Å². The van der Waals surface area contributed by atoms with E-state index in [0.29, 0.717) is 6.42 Å². The summed E-state index contributed by atoms with van der Waals surface area (Å²) in [6, 6.07) is -0.0413. The van der Waals surface area contributed by atoms with Gasteiger partial charge in [0.05, 0.1) is 6.04 Å². The molecule has 0 spiro atoms. The van der Waals surface area contributed by atoms with Crippen molar-refractivity contribution in [3.63, 3.8) is 0 Å². The Balaban J connectivity index is 2.07. The van der Waals surface area contributed by atoms with Gasteiger partial charge in [-0.3, -0.25) is 4.90 Å². The van der Waals surface area contributed by atoms with Gasteiger partial charge >= 0.3 is 6.09 Å². The van der Waals surface area contributed by atoms with E-state index in [-0.39, 0.29) is 18.2 Å². The van der Waals surface area contributed by atoms with E-state index < -0.39 is 11.8 Å². The molecule has 4 heteroatoms. The van der Waals surface area contributed by atoms with Gasteiger partial charge in [0.1, 0.15) is 11.8 Å². The fraction of sp³-hybridized carbons (Fsp3) is 0.917. The molecule has 2 heterocycles. The van der Waals surface area contributed by atoms with Gasteiger partial charge in [0.25, 0.3) is 0 Å². The molecule has 3 nitrogen and oxygen atoms in total. The predicted molar refractivity (Wildman–Crippen MR) is 59.0 cm³/mol. The fourth-order valence-corrected chi connectivity index (χ4v) is 2.69. The third-order valence-corrected chi connectivity index (χ3v) is 3.34. The molecule has 2 rings (SSSR count). The van der Waals surface area contributed by atoms with E-state index >= 15 is 0 Å². The van der Waals surface area contributed by atoms with Gasteiger partial charge < -0.3 is 4.74 Å². The first-order chi connectivity index (χ1) is 7.38. The van der Waals surface area contributed by atoms with Gasteiger partial charge in [-0.2, -0.15) is 0 Å². The quantitative estimate of drug-likeness (QED) is 0.639. The molecule has 0 aromatic heterocycles. The Labute approximate surface area is 95.9 Å². The highest BCUT2D eigenvalue weighted by Gasteiger charge is 2.46. The smallest absolute Gasteiger partial charge is 0.410 e. The van der Waals surface area contributed by atoms with Crippen molar-refractivity contribution >= 4 is 6.09 Å². The molecule has 92 valence electrons. The van der Waals surface area contributed by atoms with Gasteiger partial charge in [-0.25, -0.2) is 9.18 Å². The number of ether oxygens (including phenoxy) is 1. The molecule has 0 aliphatic carbocycles. The van der Waals surface area contributed by atoms with E-state index in [2.05, 4.69) is 0 Å². The summed E-state index contributed by atoms with van der Waals surface area (Å²) in [6.07, 6.45) is 1.86. The summed E-state index contributed by atoms with van der Waals surface area (Å²) in [4.78, 5) is 13.6. The lowest BCUT2D eigenvalue weighted by atomic mass is 10.0. The maximum absolute atomic E-state index is 13.7. The molecule has 2 saturated heterocycles. The predicted octanol–water partition coefficient (Wildman–Crippen LogP) is 2.89. The molecule has 0 radical (unpaired) electrons. The summed E-state index contributed by atoms with van der Waals surface area (Å²) >= 11 is 0. The number of piperidine rings is 1. The van der Waals surface area contributed by atoms with E-state index in [4.69, 9.17) is 4.74 Å². The summed E-state index contributed by atoms with van der Waals surface area (Å²) in [5, 5.41) is 0. The third-order valence-electron chi connectivity index (χ3n) is 3.34. The maximum atomic E-state index is 13.7. The first kappa shape index (κ1) is 11.7. The first-order valence-electron chi connectivity index (χ1n) is 6.04. The molecule has 3 atom stereocenters. The highest BCUT2D eigenvalue weighted by atomic mass is 19.1. The van der Waals surface area contributed by atoms with Gasteiger partial charge in [-0.15, -0.1) is 0 Å². The number of alkyl halides is 1. The lowest BCUT2D eigenvalue weighted by Gasteiger charge is -2.37. The van der Waals surface area contributed by atoms with Gasteiger partial charge in [0.2, 0.25) is 0 Å². The maximum Gasteiger partial charge on any atom is 0.410 e. The van der Waals surface area contributed by atoms with Crippen molar-refractivity contribution in [1.29, 1.82) is 0 Å². The number of nitrogens with zero attached hydrogens (tertiary/aromatic N) is 1. The second-order valence-corrected chi connectivity index (χ2v) is 5.78. The normalized spacial score (nSPS) is 34.0. The minimum absolute atomic E-state index is 0.201. The van der Waals surface area contributed by atoms with Crippen molar-refractivity contribution in [3.8, 4) is 0 Å². The van der Waals surface area contributed by atoms with Crippen LogP contribution in [0.4, 0.5) is 9.18 Å². The van der Waals surface area contributed by atoms with Crippen LogP contribution < -0.4 is 0 Å². The number of carbonyl (C=O) groups excluding carboxylic acids is 1. The van der Waals surface area contributed by atoms with Gasteiger partial charge in [-0.1, -0.05) is 0 Å². The lowest BCUT2D eigenvalue weighted by molar-refractivity contribution is -0.00590. The molecule has 2 aliphatic heterocycles.